The van der Waals surface area contributed by atoms with Crippen LogP contribution in [0.15, 0.2) is 24.3 Å². The van der Waals surface area contributed by atoms with Crippen molar-refractivity contribution in [1.29, 1.82) is 0 Å². The average molecular weight is 536 g/mol. The molecule has 12 heteroatoms. The molecule has 12 nitrogen and oxygen atoms in total. The molecule has 9 N–H and O–H groups in total. The zero-order valence-electron chi connectivity index (χ0n) is 22.4. The van der Waals surface area contributed by atoms with Crippen LogP contribution in [0.2, 0.25) is 0 Å². The van der Waals surface area contributed by atoms with E-state index in [1.807, 2.05) is 27.7 Å². The molecule has 0 fully saturated rings. The van der Waals surface area contributed by atoms with Gasteiger partial charge in [-0.25, -0.2) is 4.79 Å². The molecule has 0 aliphatic carbocycles. The van der Waals surface area contributed by atoms with Crippen molar-refractivity contribution in [3.63, 3.8) is 0 Å². The number of rotatable bonds is 16. The predicted octanol–water partition coefficient (Wildman–Crippen LogP) is 0.159. The summed E-state index contributed by atoms with van der Waals surface area (Å²) >= 11 is 0. The Hall–Kier alpha value is -3.67. The minimum atomic E-state index is -1.22. The summed E-state index contributed by atoms with van der Waals surface area (Å²) in [6.45, 7) is 7.41. The molecule has 4 atom stereocenters. The van der Waals surface area contributed by atoms with Crippen molar-refractivity contribution in [3.05, 3.63) is 29.8 Å². The zero-order chi connectivity index (χ0) is 29.0. The third-order valence-corrected chi connectivity index (χ3v) is 5.71. The molecular formula is C26H41N5O7. The molecule has 212 valence electrons. The second kappa shape index (κ2) is 15.6. The molecule has 1 aromatic carbocycles. The lowest BCUT2D eigenvalue weighted by Crippen LogP contribution is -2.57. The van der Waals surface area contributed by atoms with E-state index in [-0.39, 0.29) is 43.3 Å². The number of hydrogen-bond donors (Lipinski definition) is 7. The molecule has 0 aliphatic heterocycles. The highest BCUT2D eigenvalue weighted by Crippen LogP contribution is 2.13. The van der Waals surface area contributed by atoms with Crippen LogP contribution in [0.25, 0.3) is 0 Å². The van der Waals surface area contributed by atoms with Gasteiger partial charge in [-0.3, -0.25) is 19.2 Å². The lowest BCUT2D eigenvalue weighted by Gasteiger charge is -2.26. The third kappa shape index (κ3) is 12.0. The van der Waals surface area contributed by atoms with Gasteiger partial charge in [0.1, 0.15) is 23.9 Å². The highest BCUT2D eigenvalue weighted by Gasteiger charge is 2.31. The highest BCUT2D eigenvalue weighted by molar-refractivity contribution is 5.94. The summed E-state index contributed by atoms with van der Waals surface area (Å²) in [4.78, 5) is 62.1. The number of aromatic hydroxyl groups is 1. The van der Waals surface area contributed by atoms with E-state index >= 15 is 0 Å². The number of carbonyl (C=O) groups excluding carboxylic acids is 4. The first-order valence-corrected chi connectivity index (χ1v) is 12.6. The van der Waals surface area contributed by atoms with Gasteiger partial charge in [-0.2, -0.15) is 0 Å². The van der Waals surface area contributed by atoms with Gasteiger partial charge in [0, 0.05) is 12.8 Å². The second-order valence-electron chi connectivity index (χ2n) is 10.3. The Kier molecular flexibility index (Phi) is 13.2. The Balaban J connectivity index is 3.18. The minimum absolute atomic E-state index is 0.00799. The molecule has 0 saturated heterocycles. The smallest absolute Gasteiger partial charge is 0.326 e. The monoisotopic (exact) mass is 535 g/mol. The molecule has 0 heterocycles. The van der Waals surface area contributed by atoms with Crippen LogP contribution in [-0.2, 0) is 30.4 Å². The number of primary amides is 1. The molecule has 4 unspecified atom stereocenters. The van der Waals surface area contributed by atoms with Crippen molar-refractivity contribution in [2.45, 2.75) is 84.0 Å². The molecular weight excluding hydrogens is 494 g/mol. The van der Waals surface area contributed by atoms with E-state index in [2.05, 4.69) is 16.0 Å². The highest BCUT2D eigenvalue weighted by atomic mass is 16.4. The summed E-state index contributed by atoms with van der Waals surface area (Å²) in [6, 6.07) is 1.44. The van der Waals surface area contributed by atoms with Gasteiger partial charge in [-0.05, 0) is 48.8 Å². The molecule has 38 heavy (non-hydrogen) atoms. The Morgan fingerprint density at radius 1 is 0.789 bits per heavy atom. The van der Waals surface area contributed by atoms with Gasteiger partial charge in [-0.1, -0.05) is 39.8 Å². The number of aliphatic carboxylic acids is 1. The normalized spacial score (nSPS) is 14.3. The second-order valence-corrected chi connectivity index (χ2v) is 10.3. The van der Waals surface area contributed by atoms with Gasteiger partial charge in [0.15, 0.2) is 0 Å². The van der Waals surface area contributed by atoms with Crippen molar-refractivity contribution in [3.8, 4) is 5.75 Å². The standard InChI is InChI=1S/C26H41N5O7/c1-14(2)11-18(27)23(34)29-19(9-10-22(28)33)24(35)30-20(13-16-5-7-17(32)8-6-16)25(36)31-21(26(37)38)12-15(3)4/h5-8,14-15,18-21,32H,9-13,27H2,1-4H3,(H2,28,33)(H,29,34)(H,30,35)(H,31,36)(H,37,38). The molecule has 0 radical (unpaired) electrons. The summed E-state index contributed by atoms with van der Waals surface area (Å²) in [5.41, 5.74) is 11.7. The number of nitrogens with one attached hydrogen (secondary N) is 3. The number of carbonyl (C=O) groups is 5. The first-order valence-electron chi connectivity index (χ1n) is 12.6. The van der Waals surface area contributed by atoms with Crippen LogP contribution >= 0.6 is 0 Å². The van der Waals surface area contributed by atoms with Gasteiger partial charge >= 0.3 is 5.97 Å². The minimum Gasteiger partial charge on any atom is -0.508 e. The Morgan fingerprint density at radius 2 is 1.29 bits per heavy atom. The average Bonchev–Trinajstić information content (AvgIpc) is 2.80. The first kappa shape index (κ1) is 32.4. The Morgan fingerprint density at radius 3 is 1.79 bits per heavy atom. The van der Waals surface area contributed by atoms with E-state index in [0.717, 1.165) is 0 Å². The maximum Gasteiger partial charge on any atom is 0.326 e. The molecule has 0 saturated carbocycles. The zero-order valence-corrected chi connectivity index (χ0v) is 22.4. The Labute approximate surface area is 222 Å². The van der Waals surface area contributed by atoms with E-state index in [0.29, 0.717) is 12.0 Å². The lowest BCUT2D eigenvalue weighted by molar-refractivity contribution is -0.142. The first-order chi connectivity index (χ1) is 17.7. The number of phenolic OH excluding ortho intramolecular Hbond substituents is 1. The molecule has 0 bridgehead atoms. The van der Waals surface area contributed by atoms with E-state index in [1.54, 1.807) is 12.1 Å². The van der Waals surface area contributed by atoms with E-state index in [1.165, 1.54) is 12.1 Å². The van der Waals surface area contributed by atoms with Gasteiger partial charge in [0.2, 0.25) is 23.6 Å². The van der Waals surface area contributed by atoms with Crippen LogP contribution in [0.4, 0.5) is 0 Å². The topological polar surface area (TPSA) is 214 Å². The van der Waals surface area contributed by atoms with Crippen molar-refractivity contribution in [2.75, 3.05) is 0 Å². The van der Waals surface area contributed by atoms with E-state index in [4.69, 9.17) is 11.5 Å². The number of carboxylic acid groups (broad SMARTS) is 1. The van der Waals surface area contributed by atoms with Crippen LogP contribution in [0.5, 0.6) is 5.75 Å². The third-order valence-electron chi connectivity index (χ3n) is 5.71. The fourth-order valence-electron chi connectivity index (χ4n) is 3.76. The van der Waals surface area contributed by atoms with Crippen LogP contribution in [0.3, 0.4) is 0 Å². The SMILES string of the molecule is CC(C)CC(N)C(=O)NC(CCC(N)=O)C(=O)NC(Cc1ccc(O)cc1)C(=O)NC(CC(C)C)C(=O)O. The summed E-state index contributed by atoms with van der Waals surface area (Å²) in [5.74, 6) is -3.88. The van der Waals surface area contributed by atoms with Gasteiger partial charge < -0.3 is 37.6 Å². The quantitative estimate of drug-likeness (QED) is 0.154. The number of phenols is 1. The number of carboxylic acids is 1. The number of hydrogen-bond acceptors (Lipinski definition) is 7. The summed E-state index contributed by atoms with van der Waals surface area (Å²) < 4.78 is 0. The molecule has 4 amide bonds. The summed E-state index contributed by atoms with van der Waals surface area (Å²) in [7, 11) is 0. The molecule has 1 aromatic rings. The number of benzene rings is 1. The molecule has 0 aliphatic rings. The predicted molar refractivity (Wildman–Crippen MR) is 141 cm³/mol. The Bertz CT molecular complexity index is 965. The summed E-state index contributed by atoms with van der Waals surface area (Å²) in [6.07, 6.45) is 0.178. The van der Waals surface area contributed by atoms with Crippen molar-refractivity contribution < 1.29 is 34.2 Å². The number of nitrogens with two attached hydrogens (primary N) is 2. The van der Waals surface area contributed by atoms with Crippen LogP contribution in [0, 0.1) is 11.8 Å². The lowest BCUT2D eigenvalue weighted by atomic mass is 10.0. The van der Waals surface area contributed by atoms with Crippen molar-refractivity contribution in [1.82, 2.24) is 16.0 Å². The molecule has 1 rings (SSSR count). The van der Waals surface area contributed by atoms with E-state index in [9.17, 15) is 34.2 Å². The van der Waals surface area contributed by atoms with Crippen LogP contribution < -0.4 is 27.4 Å². The fraction of sp³-hybridized carbons (Fsp3) is 0.577. The van der Waals surface area contributed by atoms with Gasteiger partial charge in [0.05, 0.1) is 6.04 Å². The van der Waals surface area contributed by atoms with Crippen molar-refractivity contribution in [2.24, 2.45) is 23.3 Å². The fourth-order valence-corrected chi connectivity index (χ4v) is 3.76. The van der Waals surface area contributed by atoms with Crippen molar-refractivity contribution >= 4 is 29.6 Å². The maximum absolute atomic E-state index is 13.2. The molecule has 0 aromatic heterocycles. The maximum atomic E-state index is 13.2. The van der Waals surface area contributed by atoms with Gasteiger partial charge in [0.25, 0.3) is 0 Å². The van der Waals surface area contributed by atoms with Crippen LogP contribution in [0.1, 0.15) is 58.9 Å². The van der Waals surface area contributed by atoms with Crippen LogP contribution in [-0.4, -0.2) is 64.0 Å². The van der Waals surface area contributed by atoms with Gasteiger partial charge in [-0.15, -0.1) is 0 Å². The summed E-state index contributed by atoms with van der Waals surface area (Å²) in [5, 5.41) is 26.7. The molecule has 0 spiro atoms. The number of amides is 4. The van der Waals surface area contributed by atoms with E-state index < -0.39 is 53.8 Å². The largest absolute Gasteiger partial charge is 0.508 e.